The first-order chi connectivity index (χ1) is 7.22. The molecule has 0 fully saturated rings. The van der Waals surface area contributed by atoms with Crippen molar-refractivity contribution in [3.63, 3.8) is 0 Å². The van der Waals surface area contributed by atoms with Crippen LogP contribution in [0.5, 0.6) is 6.01 Å². The van der Waals surface area contributed by atoms with E-state index in [2.05, 4.69) is 19.7 Å². The Morgan fingerprint density at radius 2 is 2.07 bits per heavy atom. The van der Waals surface area contributed by atoms with Crippen molar-refractivity contribution >= 4 is 12.0 Å². The summed E-state index contributed by atoms with van der Waals surface area (Å²) in [6.45, 7) is 0. The molecule has 15 heavy (non-hydrogen) atoms. The summed E-state index contributed by atoms with van der Waals surface area (Å²) in [7, 11) is 3.90. The molecule has 0 unspecified atom stereocenters. The molecule has 0 saturated carbocycles. The molecular weight excluding hydrogens is 204 g/mol. The van der Waals surface area contributed by atoms with E-state index in [1.54, 1.807) is 0 Å². The van der Waals surface area contributed by atoms with Gasteiger partial charge in [-0.15, -0.1) is 5.06 Å². The van der Waals surface area contributed by atoms with Gasteiger partial charge in [0.1, 0.15) is 6.33 Å². The maximum absolute atomic E-state index is 11.2. The van der Waals surface area contributed by atoms with Crippen molar-refractivity contribution in [3.8, 4) is 6.01 Å². The third kappa shape index (κ3) is 2.50. The van der Waals surface area contributed by atoms with Crippen molar-refractivity contribution in [2.24, 2.45) is 0 Å². The van der Waals surface area contributed by atoms with Gasteiger partial charge in [-0.2, -0.15) is 15.0 Å². The van der Waals surface area contributed by atoms with E-state index in [1.807, 2.05) is 0 Å². The first-order valence-corrected chi connectivity index (χ1v) is 3.88. The Labute approximate surface area is 85.8 Å². The Morgan fingerprint density at radius 1 is 1.33 bits per heavy atom. The minimum atomic E-state index is -0.745. The van der Waals surface area contributed by atoms with Gasteiger partial charge in [0.2, 0.25) is 0 Å². The second-order valence-electron chi connectivity index (χ2n) is 2.22. The molecule has 0 spiro atoms. The molecule has 0 aliphatic carbocycles. The highest BCUT2D eigenvalue weighted by Gasteiger charge is 2.19. The number of carbonyl (C=O) groups is 1. The van der Waals surface area contributed by atoms with Crippen LogP contribution >= 0.6 is 0 Å². The molecule has 0 aliphatic heterocycles. The van der Waals surface area contributed by atoms with E-state index in [0.717, 1.165) is 5.06 Å². The van der Waals surface area contributed by atoms with Crippen LogP contribution < -0.4 is 9.80 Å². The van der Waals surface area contributed by atoms with E-state index < -0.39 is 6.09 Å². The van der Waals surface area contributed by atoms with E-state index in [-0.39, 0.29) is 12.0 Å². The van der Waals surface area contributed by atoms with E-state index in [1.165, 1.54) is 27.7 Å². The zero-order valence-corrected chi connectivity index (χ0v) is 8.50. The fourth-order valence-electron chi connectivity index (χ4n) is 0.790. The average Bonchev–Trinajstić information content (AvgIpc) is 2.30. The van der Waals surface area contributed by atoms with Crippen LogP contribution in [-0.2, 0) is 9.57 Å². The fourth-order valence-corrected chi connectivity index (χ4v) is 0.790. The highest BCUT2D eigenvalue weighted by Crippen LogP contribution is 2.10. The highest BCUT2D eigenvalue weighted by atomic mass is 16.7. The SMILES string of the molecule is COC(=O)N(OC)c1ncnc(OC)n1. The number of anilines is 1. The number of carbonyl (C=O) groups excluding carboxylic acids is 1. The largest absolute Gasteiger partial charge is 0.467 e. The van der Waals surface area contributed by atoms with Gasteiger partial charge in [-0.25, -0.2) is 4.79 Å². The summed E-state index contributed by atoms with van der Waals surface area (Å²) >= 11 is 0. The molecule has 1 aromatic heterocycles. The number of amides is 1. The molecule has 1 heterocycles. The number of hydrogen-bond acceptors (Lipinski definition) is 7. The number of hydrogen-bond donors (Lipinski definition) is 0. The van der Waals surface area contributed by atoms with Crippen molar-refractivity contribution in [2.45, 2.75) is 0 Å². The van der Waals surface area contributed by atoms with Gasteiger partial charge in [-0.05, 0) is 0 Å². The molecule has 8 nitrogen and oxygen atoms in total. The zero-order valence-electron chi connectivity index (χ0n) is 8.50. The van der Waals surface area contributed by atoms with Gasteiger partial charge in [0.15, 0.2) is 0 Å². The fraction of sp³-hybridized carbons (Fsp3) is 0.429. The predicted octanol–water partition coefficient (Wildman–Crippen LogP) is 0.0144. The topological polar surface area (TPSA) is 86.7 Å². The standard InChI is InChI=1S/C7H10N4O4/c1-13-6-9-4-8-5(10-6)11(15-3)7(12)14-2/h4H,1-3H3. The number of aromatic nitrogens is 3. The van der Waals surface area contributed by atoms with Crippen molar-refractivity contribution in [2.75, 3.05) is 26.4 Å². The van der Waals surface area contributed by atoms with Crippen LogP contribution in [0.2, 0.25) is 0 Å². The van der Waals surface area contributed by atoms with Gasteiger partial charge >= 0.3 is 12.1 Å². The van der Waals surface area contributed by atoms with Crippen LogP contribution in [0.4, 0.5) is 10.7 Å². The molecule has 0 aliphatic rings. The lowest BCUT2D eigenvalue weighted by Gasteiger charge is -2.15. The summed E-state index contributed by atoms with van der Waals surface area (Å²) in [5, 5.41) is 0.768. The van der Waals surface area contributed by atoms with Gasteiger partial charge < -0.3 is 9.47 Å². The van der Waals surface area contributed by atoms with E-state index in [9.17, 15) is 4.79 Å². The molecule has 0 aromatic carbocycles. The molecule has 0 N–H and O–H groups in total. The molecule has 0 radical (unpaired) electrons. The van der Waals surface area contributed by atoms with Crippen LogP contribution in [0.3, 0.4) is 0 Å². The predicted molar refractivity (Wildman–Crippen MR) is 48.3 cm³/mol. The number of ether oxygens (including phenoxy) is 2. The van der Waals surface area contributed by atoms with Gasteiger partial charge in [-0.1, -0.05) is 0 Å². The minimum absolute atomic E-state index is 0.0174. The lowest BCUT2D eigenvalue weighted by molar-refractivity contribution is 0.113. The molecule has 1 rings (SSSR count). The van der Waals surface area contributed by atoms with E-state index in [4.69, 9.17) is 9.57 Å². The lowest BCUT2D eigenvalue weighted by atomic mass is 10.8. The van der Waals surface area contributed by atoms with Crippen molar-refractivity contribution in [1.29, 1.82) is 0 Å². The van der Waals surface area contributed by atoms with Crippen LogP contribution in [0, 0.1) is 0 Å². The Kier molecular flexibility index (Phi) is 3.75. The molecule has 0 saturated heterocycles. The molecule has 8 heteroatoms. The van der Waals surface area contributed by atoms with E-state index >= 15 is 0 Å². The first kappa shape index (κ1) is 11.1. The number of nitrogens with zero attached hydrogens (tertiary/aromatic N) is 4. The van der Waals surface area contributed by atoms with Gasteiger partial charge in [0.05, 0.1) is 21.3 Å². The van der Waals surface area contributed by atoms with Gasteiger partial charge in [-0.3, -0.25) is 4.84 Å². The Bertz CT molecular complexity index is 346. The molecule has 1 amide bonds. The number of hydroxylamine groups is 1. The summed E-state index contributed by atoms with van der Waals surface area (Å²) in [5.41, 5.74) is 0. The maximum atomic E-state index is 11.2. The van der Waals surface area contributed by atoms with Gasteiger partial charge in [0.25, 0.3) is 5.95 Å². The quantitative estimate of drug-likeness (QED) is 0.655. The van der Waals surface area contributed by atoms with Crippen molar-refractivity contribution in [3.05, 3.63) is 6.33 Å². The monoisotopic (exact) mass is 214 g/mol. The number of rotatable bonds is 3. The molecule has 0 bridgehead atoms. The second kappa shape index (κ2) is 5.05. The van der Waals surface area contributed by atoms with Crippen LogP contribution in [0.1, 0.15) is 0 Å². The number of methoxy groups -OCH3 is 2. The van der Waals surface area contributed by atoms with Crippen LogP contribution in [-0.4, -0.2) is 42.4 Å². The summed E-state index contributed by atoms with van der Waals surface area (Å²) < 4.78 is 9.22. The molecule has 1 aromatic rings. The maximum Gasteiger partial charge on any atom is 0.441 e. The molecule has 82 valence electrons. The minimum Gasteiger partial charge on any atom is -0.467 e. The summed E-state index contributed by atoms with van der Waals surface area (Å²) in [6, 6.07) is 0.0750. The summed E-state index contributed by atoms with van der Waals surface area (Å²) in [4.78, 5) is 27.1. The van der Waals surface area contributed by atoms with Crippen LogP contribution in [0.25, 0.3) is 0 Å². The smallest absolute Gasteiger partial charge is 0.441 e. The lowest BCUT2D eigenvalue weighted by Crippen LogP contribution is -2.31. The van der Waals surface area contributed by atoms with Crippen molar-refractivity contribution in [1.82, 2.24) is 15.0 Å². The average molecular weight is 214 g/mol. The Hall–Kier alpha value is -1.96. The molecular formula is C7H10N4O4. The summed E-state index contributed by atoms with van der Waals surface area (Å²) in [6.07, 6.45) is 0.446. The second-order valence-corrected chi connectivity index (χ2v) is 2.22. The first-order valence-electron chi connectivity index (χ1n) is 3.88. The molecule has 0 atom stereocenters. The van der Waals surface area contributed by atoms with E-state index in [0.29, 0.717) is 0 Å². The third-order valence-corrected chi connectivity index (χ3v) is 1.42. The Balaban J connectivity index is 2.96. The zero-order chi connectivity index (χ0) is 11.3. The third-order valence-electron chi connectivity index (χ3n) is 1.42. The van der Waals surface area contributed by atoms with Gasteiger partial charge in [0, 0.05) is 0 Å². The van der Waals surface area contributed by atoms with Crippen LogP contribution in [0.15, 0.2) is 6.33 Å². The Morgan fingerprint density at radius 3 is 2.60 bits per heavy atom. The van der Waals surface area contributed by atoms with Crippen molar-refractivity contribution < 1.29 is 19.1 Å². The summed E-state index contributed by atoms with van der Waals surface area (Å²) in [5.74, 6) is -0.0174. The highest BCUT2D eigenvalue weighted by molar-refractivity contribution is 5.82. The normalized spacial score (nSPS) is 9.53.